The number of anilines is 1. The van der Waals surface area contributed by atoms with Gasteiger partial charge in [0.05, 0.1) is 5.56 Å². The molecule has 5 heteroatoms. The fraction of sp³-hybridized carbons (Fsp3) is 0.222. The van der Waals surface area contributed by atoms with Crippen molar-refractivity contribution in [1.82, 2.24) is 0 Å². The fourth-order valence-electron chi connectivity index (χ4n) is 2.35. The largest absolute Gasteiger partial charge is 0.618 e. The molecule has 0 bridgehead atoms. The maximum Gasteiger partial charge on any atom is 0.335 e. The van der Waals surface area contributed by atoms with E-state index in [1.165, 1.54) is 18.3 Å². The van der Waals surface area contributed by atoms with Crippen LogP contribution in [0.15, 0.2) is 48.5 Å². The van der Waals surface area contributed by atoms with Gasteiger partial charge in [0.1, 0.15) is 0 Å². The molecule has 0 saturated carbocycles. The molecule has 23 heavy (non-hydrogen) atoms. The van der Waals surface area contributed by atoms with Crippen LogP contribution in [0.4, 0.5) is 11.4 Å². The Kier molecular flexibility index (Phi) is 5.36. The molecule has 2 rings (SSSR count). The van der Waals surface area contributed by atoms with Gasteiger partial charge in [0.2, 0.25) is 5.69 Å². The van der Waals surface area contributed by atoms with Gasteiger partial charge in [0.25, 0.3) is 0 Å². The van der Waals surface area contributed by atoms with Gasteiger partial charge >= 0.3 is 5.97 Å². The molecule has 0 heterocycles. The molecule has 5 nitrogen and oxygen atoms in total. The van der Waals surface area contributed by atoms with E-state index in [-0.39, 0.29) is 11.3 Å². The minimum atomic E-state index is -1.05. The normalized spacial score (nSPS) is 11.3. The van der Waals surface area contributed by atoms with Gasteiger partial charge in [0.15, 0.2) is 6.21 Å². The van der Waals surface area contributed by atoms with Crippen LogP contribution in [0, 0.1) is 5.21 Å². The number of carbonyl (C=O) groups is 1. The Bertz CT molecular complexity index is 704. The second-order valence-corrected chi connectivity index (χ2v) is 5.07. The first kappa shape index (κ1) is 16.5. The standard InChI is InChI=1S/C18H20N2O3/c1-3-19(4-2)16-10-8-14(9-11-16)13-20(23)17-7-5-6-15(12-17)18(21)22/h5-13H,3-4H2,1-2H3,(H,21,22). The van der Waals surface area contributed by atoms with Crippen molar-refractivity contribution in [2.75, 3.05) is 18.0 Å². The lowest BCUT2D eigenvalue weighted by Gasteiger charge is -2.20. The van der Waals surface area contributed by atoms with Crippen LogP contribution in [0.5, 0.6) is 0 Å². The molecule has 2 aromatic rings. The average molecular weight is 312 g/mol. The third-order valence-electron chi connectivity index (χ3n) is 3.64. The van der Waals surface area contributed by atoms with Crippen molar-refractivity contribution < 1.29 is 14.6 Å². The summed E-state index contributed by atoms with van der Waals surface area (Å²) < 4.78 is 0.679. The Morgan fingerprint density at radius 2 is 1.83 bits per heavy atom. The molecule has 0 saturated heterocycles. The van der Waals surface area contributed by atoms with Crippen molar-refractivity contribution >= 4 is 23.6 Å². The van der Waals surface area contributed by atoms with Crippen LogP contribution >= 0.6 is 0 Å². The first-order valence-corrected chi connectivity index (χ1v) is 7.54. The number of hydrogen-bond donors (Lipinski definition) is 1. The molecular formula is C18H20N2O3. The number of benzene rings is 2. The Morgan fingerprint density at radius 3 is 2.39 bits per heavy atom. The molecule has 0 aromatic heterocycles. The zero-order chi connectivity index (χ0) is 16.8. The van der Waals surface area contributed by atoms with Crippen molar-refractivity contribution in [3.05, 3.63) is 64.9 Å². The lowest BCUT2D eigenvalue weighted by molar-refractivity contribution is -0.354. The van der Waals surface area contributed by atoms with Crippen LogP contribution in [0.1, 0.15) is 29.8 Å². The Morgan fingerprint density at radius 1 is 1.17 bits per heavy atom. The lowest BCUT2D eigenvalue weighted by Crippen LogP contribution is -2.21. The van der Waals surface area contributed by atoms with Crippen molar-refractivity contribution in [3.63, 3.8) is 0 Å². The van der Waals surface area contributed by atoms with Crippen LogP contribution < -0.4 is 4.90 Å². The SMILES string of the molecule is CCN(CC)c1ccc(C=[N+]([O-])c2cccc(C(=O)O)c2)cc1. The molecule has 120 valence electrons. The highest BCUT2D eigenvalue weighted by Crippen LogP contribution is 2.16. The van der Waals surface area contributed by atoms with Gasteiger partial charge in [-0.25, -0.2) is 4.79 Å². The maximum absolute atomic E-state index is 12.2. The number of nitrogens with zero attached hydrogens (tertiary/aromatic N) is 2. The van der Waals surface area contributed by atoms with Crippen LogP contribution in [-0.2, 0) is 0 Å². The van der Waals surface area contributed by atoms with E-state index in [2.05, 4.69) is 18.7 Å². The predicted molar refractivity (Wildman–Crippen MR) is 91.9 cm³/mol. The quantitative estimate of drug-likeness (QED) is 0.384. The van der Waals surface area contributed by atoms with Gasteiger partial charge < -0.3 is 15.2 Å². The summed E-state index contributed by atoms with van der Waals surface area (Å²) in [6, 6.07) is 13.6. The molecule has 1 N–H and O–H groups in total. The second-order valence-electron chi connectivity index (χ2n) is 5.07. The summed E-state index contributed by atoms with van der Waals surface area (Å²) in [5.74, 6) is -1.05. The van der Waals surface area contributed by atoms with E-state index >= 15 is 0 Å². The Labute approximate surface area is 135 Å². The topological polar surface area (TPSA) is 66.6 Å². The average Bonchev–Trinajstić information content (AvgIpc) is 2.57. The van der Waals surface area contributed by atoms with Crippen molar-refractivity contribution in [3.8, 4) is 0 Å². The number of rotatable bonds is 6. The summed E-state index contributed by atoms with van der Waals surface area (Å²) in [5, 5.41) is 21.2. The summed E-state index contributed by atoms with van der Waals surface area (Å²) in [5.41, 5.74) is 2.25. The van der Waals surface area contributed by atoms with Crippen LogP contribution in [0.25, 0.3) is 0 Å². The molecule has 0 aliphatic rings. The minimum Gasteiger partial charge on any atom is -0.618 e. The van der Waals surface area contributed by atoms with E-state index < -0.39 is 5.97 Å². The van der Waals surface area contributed by atoms with Gasteiger partial charge in [-0.3, -0.25) is 0 Å². The van der Waals surface area contributed by atoms with Crippen LogP contribution in [0.2, 0.25) is 0 Å². The Balaban J connectivity index is 2.24. The molecule has 2 aromatic carbocycles. The van der Waals surface area contributed by atoms with Crippen molar-refractivity contribution in [2.24, 2.45) is 0 Å². The highest BCUT2D eigenvalue weighted by molar-refractivity contribution is 5.88. The zero-order valence-electron chi connectivity index (χ0n) is 13.3. The van der Waals surface area contributed by atoms with Gasteiger partial charge in [-0.1, -0.05) is 6.07 Å². The summed E-state index contributed by atoms with van der Waals surface area (Å²) in [4.78, 5) is 13.2. The monoisotopic (exact) mass is 312 g/mol. The highest BCUT2D eigenvalue weighted by Gasteiger charge is 2.08. The van der Waals surface area contributed by atoms with Crippen LogP contribution in [-0.4, -0.2) is 35.1 Å². The van der Waals surface area contributed by atoms with E-state index in [1.807, 2.05) is 24.3 Å². The third-order valence-corrected chi connectivity index (χ3v) is 3.64. The maximum atomic E-state index is 12.2. The van der Waals surface area contributed by atoms with E-state index in [0.29, 0.717) is 4.74 Å². The Hall–Kier alpha value is -2.82. The van der Waals surface area contributed by atoms with Gasteiger partial charge in [-0.05, 0) is 44.2 Å². The van der Waals surface area contributed by atoms with Crippen molar-refractivity contribution in [2.45, 2.75) is 13.8 Å². The number of carboxylic acids is 1. The summed E-state index contributed by atoms with van der Waals surface area (Å²) in [6.45, 7) is 6.04. The number of hydrogen-bond acceptors (Lipinski definition) is 3. The minimum absolute atomic E-state index is 0.0913. The van der Waals surface area contributed by atoms with E-state index in [4.69, 9.17) is 5.11 Å². The molecule has 0 aliphatic carbocycles. The molecule has 0 fully saturated rings. The summed E-state index contributed by atoms with van der Waals surface area (Å²) in [7, 11) is 0. The highest BCUT2D eigenvalue weighted by atomic mass is 16.5. The van der Waals surface area contributed by atoms with E-state index in [0.717, 1.165) is 24.3 Å². The summed E-state index contributed by atoms with van der Waals surface area (Å²) in [6.07, 6.45) is 1.44. The van der Waals surface area contributed by atoms with Gasteiger partial charge in [0, 0.05) is 36.5 Å². The van der Waals surface area contributed by atoms with Crippen molar-refractivity contribution in [1.29, 1.82) is 0 Å². The molecule has 0 atom stereocenters. The number of carboxylic acid groups (broad SMARTS) is 1. The first-order chi connectivity index (χ1) is 11.0. The van der Waals surface area contributed by atoms with Crippen LogP contribution in [0.3, 0.4) is 0 Å². The third kappa shape index (κ3) is 4.10. The molecule has 0 unspecified atom stereocenters. The number of aromatic carboxylic acids is 1. The van der Waals surface area contributed by atoms with Gasteiger partial charge in [-0.2, -0.15) is 4.74 Å². The molecule has 0 aliphatic heterocycles. The second kappa shape index (κ2) is 7.45. The summed E-state index contributed by atoms with van der Waals surface area (Å²) >= 11 is 0. The van der Waals surface area contributed by atoms with E-state index in [9.17, 15) is 10.0 Å². The predicted octanol–water partition coefficient (Wildman–Crippen LogP) is 3.49. The molecule has 0 spiro atoms. The fourth-order valence-corrected chi connectivity index (χ4v) is 2.35. The zero-order valence-corrected chi connectivity index (χ0v) is 13.3. The lowest BCUT2D eigenvalue weighted by atomic mass is 10.2. The molecule has 0 radical (unpaired) electrons. The smallest absolute Gasteiger partial charge is 0.335 e. The van der Waals surface area contributed by atoms with Gasteiger partial charge in [-0.15, -0.1) is 0 Å². The first-order valence-electron chi connectivity index (χ1n) is 7.54. The molecular weight excluding hydrogens is 292 g/mol. The van der Waals surface area contributed by atoms with E-state index in [1.54, 1.807) is 12.1 Å². The molecule has 0 amide bonds.